The number of anilines is 6. The zero-order valence-electron chi connectivity index (χ0n) is 50.0. The molecular formula is C64H77N17O5. The van der Waals surface area contributed by atoms with E-state index >= 15 is 0 Å². The van der Waals surface area contributed by atoms with Gasteiger partial charge in [-0.25, -0.2) is 43.5 Å². The second-order valence-electron chi connectivity index (χ2n) is 23.4. The molecule has 448 valence electrons. The Morgan fingerprint density at radius 1 is 0.570 bits per heavy atom. The monoisotopic (exact) mass is 1160 g/mol. The lowest BCUT2D eigenvalue weighted by molar-refractivity contribution is 0.0519. The van der Waals surface area contributed by atoms with Crippen LogP contribution in [0.25, 0.3) is 33.7 Å². The summed E-state index contributed by atoms with van der Waals surface area (Å²) in [6, 6.07) is 26.8. The minimum absolute atomic E-state index is 0.140. The number of allylic oxidation sites excluding steroid dienone is 2. The Bertz CT molecular complexity index is 3870. The number of likely N-dealkylation sites (tertiary alicyclic amines) is 2. The molecule has 0 bridgehead atoms. The van der Waals surface area contributed by atoms with Gasteiger partial charge in [0.1, 0.15) is 16.5 Å². The number of nitrogens with one attached hydrogen (secondary N) is 2. The van der Waals surface area contributed by atoms with Crippen LogP contribution in [0.5, 0.6) is 0 Å². The summed E-state index contributed by atoms with van der Waals surface area (Å²) >= 11 is 0. The average molecular weight is 1160 g/mol. The molecule has 4 aliphatic rings. The largest absolute Gasteiger partial charge is 0.461 e. The summed E-state index contributed by atoms with van der Waals surface area (Å²) in [6.07, 6.45) is 16.5. The number of amides is 1. The van der Waals surface area contributed by atoms with Crippen molar-refractivity contribution in [1.29, 1.82) is 0 Å². The first-order chi connectivity index (χ1) is 41.7. The third-order valence-corrected chi connectivity index (χ3v) is 17.7. The summed E-state index contributed by atoms with van der Waals surface area (Å²) in [7, 11) is 7.79. The van der Waals surface area contributed by atoms with Gasteiger partial charge in [0.2, 0.25) is 11.9 Å². The number of carbonyl (C=O) groups excluding carboxylic acids is 2. The third-order valence-electron chi connectivity index (χ3n) is 17.7. The highest BCUT2D eigenvalue weighted by atomic mass is 16.5. The number of nitrogens with zero attached hydrogens (tertiary/aromatic N) is 15. The molecule has 0 atom stereocenters. The molecule has 1 amide bonds. The van der Waals surface area contributed by atoms with Crippen LogP contribution in [0.3, 0.4) is 0 Å². The number of benzene rings is 2. The Balaban J connectivity index is 0.000000179. The molecule has 4 aliphatic heterocycles. The Labute approximate surface area is 500 Å². The van der Waals surface area contributed by atoms with Crippen molar-refractivity contribution >= 4 is 68.6 Å². The molecule has 2 aromatic carbocycles. The number of ether oxygens (including phenoxy) is 1. The van der Waals surface area contributed by atoms with Gasteiger partial charge in [-0.15, -0.1) is 13.2 Å². The molecule has 0 unspecified atom stereocenters. The molecule has 22 heteroatoms. The van der Waals surface area contributed by atoms with E-state index in [9.17, 15) is 19.2 Å². The second-order valence-corrected chi connectivity index (χ2v) is 23.4. The number of fused-ring (bicyclic) bond motifs is 2. The van der Waals surface area contributed by atoms with E-state index in [4.69, 9.17) is 14.7 Å². The maximum Gasteiger partial charge on any atom is 0.356 e. The maximum absolute atomic E-state index is 13.3. The molecule has 4 saturated heterocycles. The van der Waals surface area contributed by atoms with Crippen molar-refractivity contribution in [2.45, 2.75) is 71.4 Å². The average Bonchev–Trinajstić information content (AvgIpc) is 1.79. The molecule has 0 aliphatic carbocycles. The van der Waals surface area contributed by atoms with Crippen molar-refractivity contribution in [2.75, 3.05) is 108 Å². The van der Waals surface area contributed by atoms with Gasteiger partial charge in [-0.2, -0.15) is 9.97 Å². The number of esters is 1. The van der Waals surface area contributed by atoms with Gasteiger partial charge < -0.3 is 39.9 Å². The molecule has 10 heterocycles. The van der Waals surface area contributed by atoms with E-state index in [-0.39, 0.29) is 48.1 Å². The first-order valence-electron chi connectivity index (χ1n) is 29.8. The fraction of sp³-hybridized carbons (Fsp3) is 0.406. The van der Waals surface area contributed by atoms with E-state index < -0.39 is 5.97 Å². The van der Waals surface area contributed by atoms with Gasteiger partial charge in [-0.1, -0.05) is 24.3 Å². The Hall–Kier alpha value is -9.02. The molecule has 6 aromatic heterocycles. The van der Waals surface area contributed by atoms with Crippen molar-refractivity contribution in [3.63, 3.8) is 0 Å². The summed E-state index contributed by atoms with van der Waals surface area (Å²) in [4.78, 5) is 90.2. The number of carbonyl (C=O) groups is 2. The van der Waals surface area contributed by atoms with Gasteiger partial charge in [-0.3, -0.25) is 14.4 Å². The summed E-state index contributed by atoms with van der Waals surface area (Å²) < 4.78 is 11.3. The van der Waals surface area contributed by atoms with Crippen molar-refractivity contribution in [3.8, 4) is 11.6 Å². The van der Waals surface area contributed by atoms with Crippen LogP contribution in [0, 0.1) is 10.8 Å². The van der Waals surface area contributed by atoms with Gasteiger partial charge in [0, 0.05) is 75.4 Å². The van der Waals surface area contributed by atoms with Crippen LogP contribution in [0.1, 0.15) is 79.3 Å². The molecular weight excluding hydrogens is 1090 g/mol. The van der Waals surface area contributed by atoms with E-state index in [1.165, 1.54) is 116 Å². The molecule has 0 saturated carbocycles. The molecule has 8 aromatic rings. The van der Waals surface area contributed by atoms with Gasteiger partial charge >= 0.3 is 5.97 Å². The number of hydrogen-bond acceptors (Lipinski definition) is 17. The SMILES string of the molecule is C=CCn1c(=O)c2cnc(Nc3ccc(N4CCC5(CCN(C)CC5)CC4)cc3)nc2n1-c1cccc(C(=O)N(C)C)n1.C=CCn1c(=O)c2cnc(Nc3ccc(N4CCC5(CCN(C)CC5)CC4)cc3)nc2n1-c1cccc(C(=O)OCC)n1. The fourth-order valence-corrected chi connectivity index (χ4v) is 12.4. The van der Waals surface area contributed by atoms with Crippen molar-refractivity contribution in [3.05, 3.63) is 155 Å². The van der Waals surface area contributed by atoms with E-state index in [0.717, 1.165) is 37.6 Å². The molecule has 2 N–H and O–H groups in total. The Morgan fingerprint density at radius 3 is 1.36 bits per heavy atom. The summed E-state index contributed by atoms with van der Waals surface area (Å²) in [5.74, 6) is 0.684. The van der Waals surface area contributed by atoms with Gasteiger partial charge in [0.25, 0.3) is 17.0 Å². The molecule has 12 rings (SSSR count). The fourth-order valence-electron chi connectivity index (χ4n) is 12.4. The summed E-state index contributed by atoms with van der Waals surface area (Å²) in [6.45, 7) is 19.2. The van der Waals surface area contributed by atoms with E-state index in [1.807, 2.05) is 24.3 Å². The standard InChI is InChI=1S/C32H39N9O2.C32H38N8O3/c1-5-17-40-29(42)25-22-33-31(36-28(25)41(40)27-8-6-7-26(35-27)30(43)37(2)3)34-23-9-11-24(12-10-23)39-20-15-32(16-21-39)13-18-38(4)19-14-32;1-4-17-39-29(41)25-22-33-31(36-28(25)40(39)27-8-6-7-26(35-27)30(42)43-5-2)34-23-9-11-24(12-10-23)38-20-15-32(16-21-38)13-18-37(3)19-14-32/h5-12,22H,1,13-21H2,2-4H3,(H,33,34,36);4,6-12,22H,1,5,13-21H2,2-3H3,(H,33,34,36). The smallest absolute Gasteiger partial charge is 0.356 e. The molecule has 86 heavy (non-hydrogen) atoms. The lowest BCUT2D eigenvalue weighted by Gasteiger charge is -2.46. The Kier molecular flexibility index (Phi) is 17.3. The quantitative estimate of drug-likeness (QED) is 0.0729. The zero-order valence-corrected chi connectivity index (χ0v) is 50.0. The highest BCUT2D eigenvalue weighted by Crippen LogP contribution is 2.43. The third kappa shape index (κ3) is 12.4. The lowest BCUT2D eigenvalue weighted by Crippen LogP contribution is -2.46. The summed E-state index contributed by atoms with van der Waals surface area (Å²) in [5.41, 5.74) is 5.78. The van der Waals surface area contributed by atoms with Crippen LogP contribution in [0.2, 0.25) is 0 Å². The van der Waals surface area contributed by atoms with Crippen molar-refractivity contribution < 1.29 is 14.3 Å². The first-order valence-corrected chi connectivity index (χ1v) is 29.8. The van der Waals surface area contributed by atoms with Gasteiger partial charge in [-0.05, 0) is 182 Å². The van der Waals surface area contributed by atoms with Crippen molar-refractivity contribution in [1.82, 2.24) is 63.3 Å². The van der Waals surface area contributed by atoms with E-state index in [1.54, 1.807) is 78.9 Å². The topological polar surface area (TPSA) is 215 Å². The van der Waals surface area contributed by atoms with Gasteiger partial charge in [0.05, 0.1) is 19.7 Å². The zero-order chi connectivity index (χ0) is 60.1. The highest BCUT2D eigenvalue weighted by Gasteiger charge is 2.38. The predicted octanol–water partition coefficient (Wildman–Crippen LogP) is 8.32. The molecule has 22 nitrogen and oxygen atoms in total. The van der Waals surface area contributed by atoms with E-state index in [0.29, 0.717) is 56.4 Å². The number of piperidine rings is 4. The van der Waals surface area contributed by atoms with Gasteiger partial charge in [0.15, 0.2) is 28.6 Å². The normalized spacial score (nSPS) is 16.8. The maximum atomic E-state index is 13.3. The van der Waals surface area contributed by atoms with E-state index in [2.05, 4.69) is 102 Å². The number of pyridine rings is 2. The first kappa shape index (κ1) is 58.7. The molecule has 2 spiro atoms. The second kappa shape index (κ2) is 25.3. The minimum Gasteiger partial charge on any atom is -0.461 e. The van der Waals surface area contributed by atoms with Crippen LogP contribution in [-0.2, 0) is 17.8 Å². The minimum atomic E-state index is -0.537. The Morgan fingerprint density at radius 2 is 0.965 bits per heavy atom. The predicted molar refractivity (Wildman–Crippen MR) is 337 cm³/mol. The van der Waals surface area contributed by atoms with Crippen molar-refractivity contribution in [2.24, 2.45) is 10.8 Å². The molecule has 4 fully saturated rings. The van der Waals surface area contributed by atoms with Crippen LogP contribution >= 0.6 is 0 Å². The molecule has 0 radical (unpaired) electrons. The number of hydrogen-bond donors (Lipinski definition) is 2. The number of aromatic nitrogens is 10. The lowest BCUT2D eigenvalue weighted by atomic mass is 9.71. The van der Waals surface area contributed by atoms with Crippen LogP contribution in [-0.4, -0.2) is 162 Å². The van der Waals surface area contributed by atoms with Crippen LogP contribution < -0.4 is 31.6 Å². The number of rotatable bonds is 15. The highest BCUT2D eigenvalue weighted by molar-refractivity contribution is 5.92. The van der Waals surface area contributed by atoms with Crippen LogP contribution in [0.15, 0.2) is 132 Å². The van der Waals surface area contributed by atoms with Crippen LogP contribution in [0.4, 0.5) is 34.6 Å². The summed E-state index contributed by atoms with van der Waals surface area (Å²) in [5, 5.41) is 7.25.